The molecule has 0 aliphatic carbocycles. The van der Waals surface area contributed by atoms with Crippen molar-refractivity contribution < 1.29 is 14.3 Å². The second-order valence-corrected chi connectivity index (χ2v) is 5.20. The predicted octanol–water partition coefficient (Wildman–Crippen LogP) is 1.09. The lowest BCUT2D eigenvalue weighted by atomic mass is 9.95. The van der Waals surface area contributed by atoms with Gasteiger partial charge < -0.3 is 9.64 Å². The number of likely N-dealkylation sites (tertiary alicyclic amines) is 1. The van der Waals surface area contributed by atoms with E-state index < -0.39 is 0 Å². The number of nitrogens with zero attached hydrogens (tertiary/aromatic N) is 1. The minimum atomic E-state index is -0.157. The summed E-state index contributed by atoms with van der Waals surface area (Å²) in [5.41, 5.74) is 2.79. The van der Waals surface area contributed by atoms with Crippen molar-refractivity contribution in [3.63, 3.8) is 0 Å². The number of amides is 2. The van der Waals surface area contributed by atoms with Gasteiger partial charge in [-0.05, 0) is 37.1 Å². The molecule has 1 aromatic rings. The Morgan fingerprint density at radius 1 is 1.32 bits per heavy atom. The molecule has 3 N–H and O–H groups in total. The molecule has 1 aromatic carbocycles. The normalized spacial score (nSPS) is 15.2. The van der Waals surface area contributed by atoms with Crippen molar-refractivity contribution in [1.82, 2.24) is 10.3 Å². The van der Waals surface area contributed by atoms with Crippen molar-refractivity contribution in [2.75, 3.05) is 19.7 Å². The van der Waals surface area contributed by atoms with E-state index >= 15 is 0 Å². The van der Waals surface area contributed by atoms with Gasteiger partial charge in [-0.2, -0.15) is 0 Å². The van der Waals surface area contributed by atoms with Crippen LogP contribution in [0.5, 0.6) is 5.75 Å². The number of hydrogen-bond acceptors (Lipinski definition) is 4. The fraction of sp³-hybridized carbons (Fsp3) is 0.375. The van der Waals surface area contributed by atoms with Crippen LogP contribution in [0.25, 0.3) is 0 Å². The van der Waals surface area contributed by atoms with Crippen LogP contribution in [-0.4, -0.2) is 36.4 Å². The molecule has 1 fully saturated rings. The zero-order chi connectivity index (χ0) is 15.9. The number of benzene rings is 1. The minimum Gasteiger partial charge on any atom is -0.490 e. The summed E-state index contributed by atoms with van der Waals surface area (Å²) in [6.07, 6.45) is 2.94. The lowest BCUT2D eigenvalue weighted by Gasteiger charge is -2.31. The molecule has 2 amide bonds. The van der Waals surface area contributed by atoms with Crippen LogP contribution in [-0.2, 0) is 4.79 Å². The van der Waals surface area contributed by atoms with Gasteiger partial charge in [-0.1, -0.05) is 12.7 Å². The molecule has 22 heavy (non-hydrogen) atoms. The molecule has 6 heteroatoms. The predicted molar refractivity (Wildman–Crippen MR) is 83.1 cm³/mol. The van der Waals surface area contributed by atoms with Gasteiger partial charge in [-0.25, -0.2) is 5.84 Å². The molecule has 1 aliphatic rings. The summed E-state index contributed by atoms with van der Waals surface area (Å²) < 4.78 is 5.39. The number of rotatable bonds is 5. The van der Waals surface area contributed by atoms with E-state index in [1.807, 2.05) is 0 Å². The van der Waals surface area contributed by atoms with E-state index in [9.17, 15) is 9.59 Å². The highest BCUT2D eigenvalue weighted by Gasteiger charge is 2.27. The smallest absolute Gasteiger partial charge is 0.253 e. The Hall–Kier alpha value is -2.34. The Morgan fingerprint density at radius 3 is 2.50 bits per heavy atom. The zero-order valence-corrected chi connectivity index (χ0v) is 12.5. The van der Waals surface area contributed by atoms with Gasteiger partial charge in [0.15, 0.2) is 0 Å². The van der Waals surface area contributed by atoms with Crippen molar-refractivity contribution in [2.24, 2.45) is 11.8 Å². The minimum absolute atomic E-state index is 0.0260. The Morgan fingerprint density at radius 2 is 1.95 bits per heavy atom. The number of hydrogen-bond donors (Lipinski definition) is 2. The van der Waals surface area contributed by atoms with E-state index in [2.05, 4.69) is 12.0 Å². The van der Waals surface area contributed by atoms with Gasteiger partial charge in [-0.3, -0.25) is 15.0 Å². The summed E-state index contributed by atoms with van der Waals surface area (Å²) in [4.78, 5) is 25.7. The first-order chi connectivity index (χ1) is 10.7. The van der Waals surface area contributed by atoms with Crippen LogP contribution < -0.4 is 16.0 Å². The molecule has 2 rings (SSSR count). The molecule has 0 radical (unpaired) electrons. The lowest BCUT2D eigenvalue weighted by molar-refractivity contribution is -0.126. The summed E-state index contributed by atoms with van der Waals surface area (Å²) >= 11 is 0. The Labute approximate surface area is 129 Å². The molecular weight excluding hydrogens is 282 g/mol. The fourth-order valence-corrected chi connectivity index (χ4v) is 2.49. The number of nitrogens with one attached hydrogen (secondary N) is 1. The average molecular weight is 303 g/mol. The largest absolute Gasteiger partial charge is 0.490 e. The maximum atomic E-state index is 12.4. The van der Waals surface area contributed by atoms with Crippen LogP contribution in [0.4, 0.5) is 0 Å². The van der Waals surface area contributed by atoms with E-state index in [4.69, 9.17) is 10.6 Å². The Balaban J connectivity index is 1.92. The van der Waals surface area contributed by atoms with Crippen molar-refractivity contribution >= 4 is 11.8 Å². The summed E-state index contributed by atoms with van der Waals surface area (Å²) in [5.74, 6) is 5.55. The van der Waals surface area contributed by atoms with E-state index in [1.54, 1.807) is 35.2 Å². The SMILES string of the molecule is C=CCOc1ccc(C(=O)N2CCC(C(=O)NN)CC2)cc1. The number of carbonyl (C=O) groups excluding carboxylic acids is 2. The first kappa shape index (κ1) is 16.0. The van der Waals surface area contributed by atoms with Crippen LogP contribution >= 0.6 is 0 Å². The third kappa shape index (κ3) is 3.85. The highest BCUT2D eigenvalue weighted by molar-refractivity contribution is 5.94. The van der Waals surface area contributed by atoms with E-state index in [1.165, 1.54) is 0 Å². The van der Waals surface area contributed by atoms with Crippen LogP contribution in [0.3, 0.4) is 0 Å². The summed E-state index contributed by atoms with van der Waals surface area (Å²) in [5, 5.41) is 0. The quantitative estimate of drug-likeness (QED) is 0.369. The second kappa shape index (κ2) is 7.61. The second-order valence-electron chi connectivity index (χ2n) is 5.20. The van der Waals surface area contributed by atoms with Gasteiger partial charge >= 0.3 is 0 Å². The number of piperidine rings is 1. The van der Waals surface area contributed by atoms with Crippen LogP contribution in [0.2, 0.25) is 0 Å². The Bertz CT molecular complexity index is 534. The Kier molecular flexibility index (Phi) is 5.55. The van der Waals surface area contributed by atoms with E-state index in [-0.39, 0.29) is 17.7 Å². The summed E-state index contributed by atoms with van der Waals surface area (Å²) in [6, 6.07) is 7.04. The standard InChI is InChI=1S/C16H21N3O3/c1-2-11-22-14-5-3-13(4-6-14)16(21)19-9-7-12(8-10-19)15(20)18-17/h2-6,12H,1,7-11,17H2,(H,18,20). The third-order valence-corrected chi connectivity index (χ3v) is 3.76. The van der Waals surface area contributed by atoms with Crippen LogP contribution in [0.1, 0.15) is 23.2 Å². The molecule has 0 spiro atoms. The molecule has 0 bridgehead atoms. The highest BCUT2D eigenvalue weighted by atomic mass is 16.5. The number of hydrazine groups is 1. The molecular formula is C16H21N3O3. The third-order valence-electron chi connectivity index (χ3n) is 3.76. The molecule has 118 valence electrons. The van der Waals surface area contributed by atoms with Crippen molar-refractivity contribution in [1.29, 1.82) is 0 Å². The first-order valence-corrected chi connectivity index (χ1v) is 7.29. The van der Waals surface area contributed by atoms with E-state index in [0.717, 1.165) is 0 Å². The zero-order valence-electron chi connectivity index (χ0n) is 12.5. The molecule has 1 saturated heterocycles. The topological polar surface area (TPSA) is 84.7 Å². The van der Waals surface area contributed by atoms with Gasteiger partial charge in [0.25, 0.3) is 5.91 Å². The fourth-order valence-electron chi connectivity index (χ4n) is 2.49. The van der Waals surface area contributed by atoms with Crippen molar-refractivity contribution in [3.05, 3.63) is 42.5 Å². The van der Waals surface area contributed by atoms with E-state index in [0.29, 0.717) is 43.9 Å². The number of nitrogens with two attached hydrogens (primary N) is 1. The maximum Gasteiger partial charge on any atom is 0.253 e. The maximum absolute atomic E-state index is 12.4. The van der Waals surface area contributed by atoms with Gasteiger partial charge in [0.1, 0.15) is 12.4 Å². The van der Waals surface area contributed by atoms with Crippen LogP contribution in [0.15, 0.2) is 36.9 Å². The van der Waals surface area contributed by atoms with Gasteiger partial charge in [0.05, 0.1) is 0 Å². The van der Waals surface area contributed by atoms with Crippen molar-refractivity contribution in [2.45, 2.75) is 12.8 Å². The summed E-state index contributed by atoms with van der Waals surface area (Å²) in [6.45, 7) is 5.14. The molecule has 1 heterocycles. The highest BCUT2D eigenvalue weighted by Crippen LogP contribution is 2.20. The molecule has 0 aromatic heterocycles. The molecule has 1 aliphatic heterocycles. The van der Waals surface area contributed by atoms with Crippen LogP contribution in [0, 0.1) is 5.92 Å². The summed E-state index contributed by atoms with van der Waals surface area (Å²) in [7, 11) is 0. The molecule has 6 nitrogen and oxygen atoms in total. The lowest BCUT2D eigenvalue weighted by Crippen LogP contribution is -2.44. The molecule has 0 atom stereocenters. The average Bonchev–Trinajstić information content (AvgIpc) is 2.59. The molecule has 0 unspecified atom stereocenters. The van der Waals surface area contributed by atoms with Gasteiger partial charge in [0.2, 0.25) is 5.91 Å². The number of carbonyl (C=O) groups is 2. The molecule has 0 saturated carbocycles. The van der Waals surface area contributed by atoms with Gasteiger partial charge in [-0.15, -0.1) is 0 Å². The monoisotopic (exact) mass is 303 g/mol. The first-order valence-electron chi connectivity index (χ1n) is 7.29. The number of ether oxygens (including phenoxy) is 1. The van der Waals surface area contributed by atoms with Crippen molar-refractivity contribution in [3.8, 4) is 5.75 Å². The van der Waals surface area contributed by atoms with Gasteiger partial charge in [0, 0.05) is 24.6 Å².